The van der Waals surface area contributed by atoms with Crippen molar-refractivity contribution in [3.63, 3.8) is 0 Å². The molecule has 0 saturated heterocycles. The summed E-state index contributed by atoms with van der Waals surface area (Å²) in [7, 11) is 0. The lowest BCUT2D eigenvalue weighted by Crippen LogP contribution is -2.02. The molecule has 0 aromatic heterocycles. The molecule has 0 unspecified atom stereocenters. The lowest BCUT2D eigenvalue weighted by atomic mass is 10.3. The van der Waals surface area contributed by atoms with Crippen LogP contribution in [0.5, 0.6) is 11.5 Å². The minimum Gasteiger partial charge on any atom is -0.494 e. The summed E-state index contributed by atoms with van der Waals surface area (Å²) in [5.74, 6) is 1.69. The molecule has 2 aromatic carbocycles. The smallest absolute Gasteiger partial charge is 0.119 e. The van der Waals surface area contributed by atoms with Gasteiger partial charge in [-0.3, -0.25) is 0 Å². The van der Waals surface area contributed by atoms with Crippen molar-refractivity contribution < 1.29 is 9.47 Å². The molecule has 0 atom stereocenters. The number of benzene rings is 2. The lowest BCUT2D eigenvalue weighted by Gasteiger charge is -2.08. The van der Waals surface area contributed by atoms with Crippen molar-refractivity contribution >= 4 is 23.8 Å². The maximum atomic E-state index is 5.61. The van der Waals surface area contributed by atoms with E-state index in [2.05, 4.69) is 0 Å². The predicted octanol–water partition coefficient (Wildman–Crippen LogP) is 3.51. The number of anilines is 2. The summed E-state index contributed by atoms with van der Waals surface area (Å²) in [5, 5.41) is 0. The first-order chi connectivity index (χ1) is 9.74. The molecule has 0 bridgehead atoms. The SMILES string of the molecule is Cl.Nc1ccc(OCCCCOc2ccc(N)cc2)cc1. The molecule has 0 radical (unpaired) electrons. The van der Waals surface area contributed by atoms with Crippen LogP contribution in [0, 0.1) is 0 Å². The standard InChI is InChI=1S/C16H20N2O2.ClH/c17-13-3-7-15(8-4-13)19-11-1-2-12-20-16-9-5-14(18)6-10-16;/h3-10H,1-2,11-12,17-18H2;1H. The summed E-state index contributed by atoms with van der Waals surface area (Å²) >= 11 is 0. The molecule has 114 valence electrons. The van der Waals surface area contributed by atoms with Gasteiger partial charge in [0.1, 0.15) is 11.5 Å². The van der Waals surface area contributed by atoms with Crippen LogP contribution in [-0.2, 0) is 0 Å². The monoisotopic (exact) mass is 308 g/mol. The molecule has 2 aromatic rings. The Morgan fingerprint density at radius 1 is 0.619 bits per heavy atom. The molecule has 2 rings (SSSR count). The van der Waals surface area contributed by atoms with Gasteiger partial charge in [-0.1, -0.05) is 0 Å². The van der Waals surface area contributed by atoms with E-state index in [0.717, 1.165) is 35.7 Å². The topological polar surface area (TPSA) is 70.5 Å². The zero-order valence-corrected chi connectivity index (χ0v) is 12.6. The fourth-order valence-corrected chi connectivity index (χ4v) is 1.71. The Hall–Kier alpha value is -2.07. The van der Waals surface area contributed by atoms with Crippen LogP contribution in [0.25, 0.3) is 0 Å². The summed E-state index contributed by atoms with van der Waals surface area (Å²) in [6.45, 7) is 1.35. The molecule has 5 heteroatoms. The first-order valence-electron chi connectivity index (χ1n) is 6.71. The molecule has 0 heterocycles. The van der Waals surface area contributed by atoms with Gasteiger partial charge in [0.25, 0.3) is 0 Å². The Balaban J connectivity index is 0.00000220. The first-order valence-corrected chi connectivity index (χ1v) is 6.71. The summed E-state index contributed by atoms with van der Waals surface area (Å²) < 4.78 is 11.2. The molecule has 4 N–H and O–H groups in total. The molecule has 21 heavy (non-hydrogen) atoms. The molecule has 0 amide bonds. The van der Waals surface area contributed by atoms with Gasteiger partial charge in [0.05, 0.1) is 13.2 Å². The fraction of sp³-hybridized carbons (Fsp3) is 0.250. The molecule has 0 spiro atoms. The van der Waals surface area contributed by atoms with Crippen molar-refractivity contribution in [2.24, 2.45) is 0 Å². The van der Waals surface area contributed by atoms with Gasteiger partial charge in [0.2, 0.25) is 0 Å². The van der Waals surface area contributed by atoms with E-state index in [9.17, 15) is 0 Å². The van der Waals surface area contributed by atoms with Crippen molar-refractivity contribution in [3.05, 3.63) is 48.5 Å². The number of rotatable bonds is 7. The van der Waals surface area contributed by atoms with E-state index < -0.39 is 0 Å². The maximum Gasteiger partial charge on any atom is 0.119 e. The zero-order valence-electron chi connectivity index (χ0n) is 11.8. The summed E-state index contributed by atoms with van der Waals surface area (Å²) in [4.78, 5) is 0. The fourth-order valence-electron chi connectivity index (χ4n) is 1.71. The third-order valence-corrected chi connectivity index (χ3v) is 2.84. The molecule has 0 aliphatic carbocycles. The van der Waals surface area contributed by atoms with Crippen LogP contribution < -0.4 is 20.9 Å². The number of unbranched alkanes of at least 4 members (excludes halogenated alkanes) is 1. The predicted molar refractivity (Wildman–Crippen MR) is 89.2 cm³/mol. The minimum absolute atomic E-state index is 0. The average Bonchev–Trinajstić information content (AvgIpc) is 2.46. The molecule has 4 nitrogen and oxygen atoms in total. The highest BCUT2D eigenvalue weighted by Crippen LogP contribution is 2.15. The van der Waals surface area contributed by atoms with Crippen molar-refractivity contribution in [1.82, 2.24) is 0 Å². The van der Waals surface area contributed by atoms with Gasteiger partial charge < -0.3 is 20.9 Å². The lowest BCUT2D eigenvalue weighted by molar-refractivity contribution is 0.266. The summed E-state index contributed by atoms with van der Waals surface area (Å²) in [5.41, 5.74) is 12.7. The number of ether oxygens (including phenoxy) is 2. The Morgan fingerprint density at radius 2 is 0.952 bits per heavy atom. The average molecular weight is 309 g/mol. The van der Waals surface area contributed by atoms with Crippen LogP contribution in [0.2, 0.25) is 0 Å². The maximum absolute atomic E-state index is 5.61. The number of nitrogen functional groups attached to an aromatic ring is 2. The summed E-state index contributed by atoms with van der Waals surface area (Å²) in [6, 6.07) is 14.8. The highest BCUT2D eigenvalue weighted by Gasteiger charge is 1.96. The third kappa shape index (κ3) is 6.27. The van der Waals surface area contributed by atoms with Crippen LogP contribution >= 0.6 is 12.4 Å². The highest BCUT2D eigenvalue weighted by atomic mass is 35.5. The number of halogens is 1. The zero-order chi connectivity index (χ0) is 14.2. The van der Waals surface area contributed by atoms with Crippen molar-refractivity contribution in [2.45, 2.75) is 12.8 Å². The first kappa shape index (κ1) is 17.0. The third-order valence-electron chi connectivity index (χ3n) is 2.84. The Labute approximate surface area is 131 Å². The second-order valence-electron chi connectivity index (χ2n) is 4.54. The van der Waals surface area contributed by atoms with Crippen molar-refractivity contribution in [3.8, 4) is 11.5 Å². The van der Waals surface area contributed by atoms with E-state index >= 15 is 0 Å². The largest absolute Gasteiger partial charge is 0.494 e. The molecular formula is C16H21ClN2O2. The number of nitrogens with two attached hydrogens (primary N) is 2. The number of hydrogen-bond acceptors (Lipinski definition) is 4. The van der Waals surface area contributed by atoms with Gasteiger partial charge >= 0.3 is 0 Å². The van der Waals surface area contributed by atoms with E-state index in [1.54, 1.807) is 0 Å². The van der Waals surface area contributed by atoms with Gasteiger partial charge in [-0.25, -0.2) is 0 Å². The van der Waals surface area contributed by atoms with Crippen molar-refractivity contribution in [1.29, 1.82) is 0 Å². The van der Waals surface area contributed by atoms with Crippen LogP contribution in [-0.4, -0.2) is 13.2 Å². The van der Waals surface area contributed by atoms with Crippen molar-refractivity contribution in [2.75, 3.05) is 24.7 Å². The van der Waals surface area contributed by atoms with E-state index in [-0.39, 0.29) is 12.4 Å². The Bertz CT molecular complexity index is 465. The second-order valence-corrected chi connectivity index (χ2v) is 4.54. The Morgan fingerprint density at radius 3 is 1.29 bits per heavy atom. The van der Waals surface area contributed by atoms with Crippen LogP contribution in [0.1, 0.15) is 12.8 Å². The molecule has 0 saturated carbocycles. The van der Waals surface area contributed by atoms with Gasteiger partial charge in [0.15, 0.2) is 0 Å². The minimum atomic E-state index is 0. The highest BCUT2D eigenvalue weighted by molar-refractivity contribution is 5.85. The van der Waals surface area contributed by atoms with E-state index in [0.29, 0.717) is 13.2 Å². The van der Waals surface area contributed by atoms with Gasteiger partial charge in [-0.2, -0.15) is 0 Å². The summed E-state index contributed by atoms with van der Waals surface area (Å²) in [6.07, 6.45) is 1.89. The molecule has 0 fully saturated rings. The van der Waals surface area contributed by atoms with Gasteiger partial charge in [0, 0.05) is 11.4 Å². The van der Waals surface area contributed by atoms with Crippen LogP contribution in [0.3, 0.4) is 0 Å². The van der Waals surface area contributed by atoms with Gasteiger partial charge in [-0.15, -0.1) is 12.4 Å². The second kappa shape index (κ2) is 8.97. The van der Waals surface area contributed by atoms with E-state index in [1.165, 1.54) is 0 Å². The quantitative estimate of drug-likeness (QED) is 0.606. The number of hydrogen-bond donors (Lipinski definition) is 2. The molecule has 0 aliphatic heterocycles. The normalized spacial score (nSPS) is 9.71. The van der Waals surface area contributed by atoms with Crippen LogP contribution in [0.15, 0.2) is 48.5 Å². The molecular weight excluding hydrogens is 288 g/mol. The molecule has 0 aliphatic rings. The van der Waals surface area contributed by atoms with E-state index in [1.807, 2.05) is 48.5 Å². The van der Waals surface area contributed by atoms with Crippen LogP contribution in [0.4, 0.5) is 11.4 Å². The van der Waals surface area contributed by atoms with Gasteiger partial charge in [-0.05, 0) is 61.4 Å². The van der Waals surface area contributed by atoms with E-state index in [4.69, 9.17) is 20.9 Å². The Kier molecular flexibility index (Phi) is 7.26.